The molecule has 0 aromatic heterocycles. The van der Waals surface area contributed by atoms with Gasteiger partial charge < -0.3 is 0 Å². The van der Waals surface area contributed by atoms with Gasteiger partial charge in [0.2, 0.25) is 0 Å². The number of nitroso groups, excluding NO2 is 1. The van der Waals surface area contributed by atoms with Gasteiger partial charge >= 0.3 is 21.2 Å². The number of nitrogens with zero attached hydrogens (tertiary/aromatic N) is 1. The number of anilines is 1. The van der Waals surface area contributed by atoms with Crippen LogP contribution in [-0.4, -0.2) is 56.1 Å². The number of rotatable bonds is 9. The summed E-state index contributed by atoms with van der Waals surface area (Å²) in [6, 6.07) is 54.3. The van der Waals surface area contributed by atoms with E-state index in [0.29, 0.717) is 16.0 Å². The lowest BCUT2D eigenvalue weighted by Gasteiger charge is -2.06. The second-order valence-corrected chi connectivity index (χ2v) is 15.8. The van der Waals surface area contributed by atoms with Crippen LogP contribution < -0.4 is 5.43 Å². The number of nitrogens with one attached hydrogen (secondary N) is 1. The molecule has 19 heteroatoms. The Bertz CT molecular complexity index is 2990. The summed E-state index contributed by atoms with van der Waals surface area (Å²) >= 11 is 0. The Labute approximate surface area is 476 Å². The monoisotopic (exact) mass is 1170 g/mol. The maximum Gasteiger partial charge on any atom is 0.425 e. The van der Waals surface area contributed by atoms with E-state index >= 15 is 0 Å². The maximum atomic E-state index is 12.7. The van der Waals surface area contributed by atoms with Crippen LogP contribution in [0.3, 0.4) is 0 Å². The summed E-state index contributed by atoms with van der Waals surface area (Å²) in [4.78, 5) is 12.5. The van der Waals surface area contributed by atoms with Crippen molar-refractivity contribution in [3.8, 4) is 0 Å². The van der Waals surface area contributed by atoms with Gasteiger partial charge in [0.05, 0.1) is 4.91 Å². The molecule has 79 heavy (non-hydrogen) atoms. The molecule has 7 rings (SSSR count). The van der Waals surface area contributed by atoms with Gasteiger partial charge in [-0.25, -0.2) is 0 Å². The third kappa shape index (κ3) is 42.4. The predicted molar refractivity (Wildman–Crippen MR) is 331 cm³/mol. The standard InChI is InChI=1S/C28H22N2O7S2.C10H8.C6H6.8C2H6.2O3S/c31-30(26-18-12-22(13-19-26)11-14-23-8-4-5-9-27(23)38(32,33)34)29-25-17-16-24(28(20-25)39(35,36)37)15-10-21-6-2-1-3-7-21;1-2-6-10-8-4-3-7-9(10)5-1;1-2-4-6-5-3-1;8*1-2;2*1-4(2)3/h1-20H,(H2-,29,31,32,33,34,35,36,37);1-8H;1-6H;8*1-2H3;;/p+1/b14-11+,15-10+;;;;;;;;;;;;. The number of hydrazine groups is 1. The summed E-state index contributed by atoms with van der Waals surface area (Å²) in [5.74, 6) is 0. The van der Waals surface area contributed by atoms with E-state index in [1.165, 1.54) is 53.2 Å². The summed E-state index contributed by atoms with van der Waals surface area (Å²) in [6.07, 6.45) is 6.40. The lowest BCUT2D eigenvalue weighted by molar-refractivity contribution is -0.427. The third-order valence-corrected chi connectivity index (χ3v) is 9.72. The lowest BCUT2D eigenvalue weighted by atomic mass is 10.1. The molecule has 15 nitrogen and oxygen atoms in total. The second-order valence-electron chi connectivity index (χ2n) is 12.2. The van der Waals surface area contributed by atoms with Crippen molar-refractivity contribution in [1.82, 2.24) is 0 Å². The largest absolute Gasteiger partial charge is 0.425 e. The average molecular weight is 1170 g/mol. The molecule has 0 unspecified atom stereocenters. The number of fused-ring (bicyclic) bond motifs is 1. The van der Waals surface area contributed by atoms with Crippen molar-refractivity contribution in [3.63, 3.8) is 0 Å². The first-order chi connectivity index (χ1) is 37.9. The van der Waals surface area contributed by atoms with Crippen LogP contribution in [0, 0.1) is 4.91 Å². The molecule has 0 spiro atoms. The summed E-state index contributed by atoms with van der Waals surface area (Å²) in [5, 5.41) is 2.62. The predicted octanol–water partition coefficient (Wildman–Crippen LogP) is 16.7. The van der Waals surface area contributed by atoms with Crippen LogP contribution in [0.15, 0.2) is 192 Å². The van der Waals surface area contributed by atoms with Crippen LogP contribution in [0.1, 0.15) is 133 Å². The Hall–Kier alpha value is -7.26. The molecule has 0 aliphatic rings. The summed E-state index contributed by atoms with van der Waals surface area (Å²) in [7, 11) is -15.2. The smallest absolute Gasteiger partial charge is 0.282 e. The Morgan fingerprint density at radius 1 is 0.367 bits per heavy atom. The van der Waals surface area contributed by atoms with Gasteiger partial charge in [0.1, 0.15) is 15.5 Å². The van der Waals surface area contributed by atoms with E-state index in [9.17, 15) is 30.8 Å². The zero-order valence-corrected chi connectivity index (χ0v) is 51.9. The highest BCUT2D eigenvalue weighted by Crippen LogP contribution is 2.25. The molecule has 0 heterocycles. The molecule has 0 saturated carbocycles. The van der Waals surface area contributed by atoms with Gasteiger partial charge in [-0.2, -0.15) is 16.8 Å². The maximum absolute atomic E-state index is 12.7. The Morgan fingerprint density at radius 3 is 1.01 bits per heavy atom. The molecule has 0 aliphatic heterocycles. The van der Waals surface area contributed by atoms with Crippen molar-refractivity contribution < 1.29 is 56.1 Å². The molecule has 436 valence electrons. The topological polar surface area (TPSA) is 243 Å². The molecular weight excluding hydrogens is 1080 g/mol. The molecule has 7 aromatic rings. The molecule has 0 saturated heterocycles. The fourth-order valence-electron chi connectivity index (χ4n) is 5.17. The SMILES string of the molecule is CC.CC.CC.CC.CC.CC.CC.CC.O=S(=O)=O.O=S(=O)=O.O=[N+](Nc1ccc(/C=C/c2ccccc2)c(S(=O)(=O)O)c1)c1ccc(/C=C/c2ccccc2S(=O)(=O)O)cc1.c1ccc2ccccc2c1.c1ccccc1. The quantitative estimate of drug-likeness (QED) is 0.0527. The minimum absolute atomic E-state index is 0.139. The van der Waals surface area contributed by atoms with Gasteiger partial charge in [-0.15, -0.1) is 30.7 Å². The first-order valence-electron chi connectivity index (χ1n) is 25.8. The van der Waals surface area contributed by atoms with Crippen molar-refractivity contribution in [2.45, 2.75) is 121 Å². The van der Waals surface area contributed by atoms with Crippen LogP contribution in [0.2, 0.25) is 0 Å². The molecule has 0 aliphatic carbocycles. The fraction of sp³-hybridized carbons (Fsp3) is 0.267. The average Bonchev–Trinajstić information content (AvgIpc) is 3.49. The van der Waals surface area contributed by atoms with Crippen LogP contribution in [0.5, 0.6) is 0 Å². The highest BCUT2D eigenvalue weighted by atomic mass is 32.2. The van der Waals surface area contributed by atoms with Crippen molar-refractivity contribution >= 4 is 87.9 Å². The molecule has 0 amide bonds. The lowest BCUT2D eigenvalue weighted by Crippen LogP contribution is -2.11. The van der Waals surface area contributed by atoms with E-state index in [1.54, 1.807) is 42.5 Å². The van der Waals surface area contributed by atoms with Crippen molar-refractivity contribution in [2.24, 2.45) is 0 Å². The second kappa shape index (κ2) is 55.5. The van der Waals surface area contributed by atoms with Crippen molar-refractivity contribution in [2.75, 3.05) is 5.43 Å². The van der Waals surface area contributed by atoms with Gasteiger partial charge in [-0.1, -0.05) is 275 Å². The summed E-state index contributed by atoms with van der Waals surface area (Å²) in [6.45, 7) is 32.0. The Morgan fingerprint density at radius 2 is 0.658 bits per heavy atom. The van der Waals surface area contributed by atoms with E-state index in [2.05, 4.69) is 54.0 Å². The number of hydrogen-bond acceptors (Lipinski definition) is 11. The molecule has 0 atom stereocenters. The zero-order chi connectivity index (χ0) is 62.3. The molecule has 3 N–H and O–H groups in total. The molecular formula is C60H85N2O13S4+. The highest BCUT2D eigenvalue weighted by molar-refractivity contribution is 7.86. The summed E-state index contributed by atoms with van der Waals surface area (Å²) in [5.41, 5.74) is 4.92. The molecule has 0 bridgehead atoms. The van der Waals surface area contributed by atoms with E-state index in [0.717, 1.165) is 11.6 Å². The van der Waals surface area contributed by atoms with E-state index < -0.39 is 41.5 Å². The molecule has 0 radical (unpaired) electrons. The number of benzene rings is 7. The molecule has 0 fully saturated rings. The van der Waals surface area contributed by atoms with Crippen LogP contribution in [-0.2, 0) is 41.5 Å². The fourth-order valence-corrected chi connectivity index (χ4v) is 6.57. The molecule has 7 aromatic carbocycles. The van der Waals surface area contributed by atoms with Gasteiger partial charge in [0, 0.05) is 12.1 Å². The Kier molecular flexibility index (Phi) is 58.4. The van der Waals surface area contributed by atoms with Crippen molar-refractivity contribution in [1.29, 1.82) is 0 Å². The van der Waals surface area contributed by atoms with Gasteiger partial charge in [0.25, 0.3) is 25.9 Å². The normalized spacial score (nSPS) is 9.09. The van der Waals surface area contributed by atoms with Gasteiger partial charge in [-0.05, 0) is 63.4 Å². The minimum atomic E-state index is -4.58. The first-order valence-corrected chi connectivity index (χ1v) is 30.7. The van der Waals surface area contributed by atoms with Crippen molar-refractivity contribution in [3.05, 3.63) is 209 Å². The first kappa shape index (κ1) is 83.1. The highest BCUT2D eigenvalue weighted by Gasteiger charge is 2.19. The van der Waals surface area contributed by atoms with E-state index in [1.807, 2.05) is 178 Å². The van der Waals surface area contributed by atoms with Gasteiger partial charge in [-0.3, -0.25) is 9.11 Å². The van der Waals surface area contributed by atoms with E-state index in [4.69, 9.17) is 25.3 Å². The summed E-state index contributed by atoms with van der Waals surface area (Å²) < 4.78 is 117. The third-order valence-electron chi connectivity index (χ3n) is 7.88. The van der Waals surface area contributed by atoms with Crippen LogP contribution in [0.25, 0.3) is 35.1 Å². The number of hydrogen-bond donors (Lipinski definition) is 3. The van der Waals surface area contributed by atoms with Gasteiger partial charge in [0.15, 0.2) is 4.87 Å². The zero-order valence-electron chi connectivity index (χ0n) is 48.6. The van der Waals surface area contributed by atoms with Crippen LogP contribution >= 0.6 is 0 Å². The van der Waals surface area contributed by atoms with E-state index in [-0.39, 0.29) is 26.7 Å². The van der Waals surface area contributed by atoms with Crippen LogP contribution in [0.4, 0.5) is 11.4 Å². The minimum Gasteiger partial charge on any atom is -0.282 e. The Balaban J connectivity index is -0.000000269.